The van der Waals surface area contributed by atoms with E-state index in [9.17, 15) is 0 Å². The quantitative estimate of drug-likeness (QED) is 0.759. The van der Waals surface area contributed by atoms with Gasteiger partial charge in [0.1, 0.15) is 5.82 Å². The Balaban J connectivity index is 1.67. The van der Waals surface area contributed by atoms with Gasteiger partial charge in [-0.1, -0.05) is 0 Å². The smallest absolute Gasteiger partial charge is 0.128 e. The number of hydrogen-bond donors (Lipinski definition) is 0. The van der Waals surface area contributed by atoms with Crippen molar-refractivity contribution in [2.75, 3.05) is 31.1 Å². The second-order valence-electron chi connectivity index (χ2n) is 5.32. The van der Waals surface area contributed by atoms with Crippen LogP contribution in [0.25, 0.3) is 0 Å². The maximum absolute atomic E-state index is 4.56. The highest BCUT2D eigenvalue weighted by Crippen LogP contribution is 2.23. The highest BCUT2D eigenvalue weighted by molar-refractivity contribution is 14.1. The van der Waals surface area contributed by atoms with Gasteiger partial charge in [0, 0.05) is 28.9 Å². The first-order chi connectivity index (χ1) is 8.83. The van der Waals surface area contributed by atoms with Crippen LogP contribution in [0.4, 0.5) is 5.82 Å². The largest absolute Gasteiger partial charge is 0.355 e. The molecule has 2 aliphatic heterocycles. The zero-order valence-corrected chi connectivity index (χ0v) is 12.8. The van der Waals surface area contributed by atoms with Gasteiger partial charge in [0.05, 0.1) is 0 Å². The topological polar surface area (TPSA) is 19.4 Å². The minimum absolute atomic E-state index is 0.752. The molecule has 0 N–H and O–H groups in total. The van der Waals surface area contributed by atoms with Crippen LogP contribution < -0.4 is 4.90 Å². The summed E-state index contributed by atoms with van der Waals surface area (Å²) in [6, 6.07) is 5.07. The summed E-state index contributed by atoms with van der Waals surface area (Å²) in [6.45, 7) is 4.93. The molecule has 0 bridgehead atoms. The van der Waals surface area contributed by atoms with Crippen molar-refractivity contribution in [1.29, 1.82) is 0 Å². The molecular weight excluding hydrogens is 337 g/mol. The molecule has 1 aromatic rings. The molecule has 0 aliphatic carbocycles. The average molecular weight is 357 g/mol. The van der Waals surface area contributed by atoms with E-state index in [1.807, 2.05) is 6.20 Å². The minimum atomic E-state index is 0.752. The lowest BCUT2D eigenvalue weighted by molar-refractivity contribution is 0.215. The first-order valence-electron chi connectivity index (χ1n) is 6.93. The summed E-state index contributed by atoms with van der Waals surface area (Å²) in [7, 11) is 0. The van der Waals surface area contributed by atoms with E-state index in [1.165, 1.54) is 42.3 Å². The monoisotopic (exact) mass is 357 g/mol. The summed E-state index contributed by atoms with van der Waals surface area (Å²) >= 11 is 2.31. The van der Waals surface area contributed by atoms with E-state index < -0.39 is 0 Å². The van der Waals surface area contributed by atoms with Crippen LogP contribution in [0.2, 0.25) is 0 Å². The number of piperidine rings is 1. The van der Waals surface area contributed by atoms with Crippen LogP contribution >= 0.6 is 22.6 Å². The van der Waals surface area contributed by atoms with Gasteiger partial charge in [0.2, 0.25) is 0 Å². The van der Waals surface area contributed by atoms with Crippen LogP contribution in [0.5, 0.6) is 0 Å². The summed E-state index contributed by atoms with van der Waals surface area (Å²) in [5.74, 6) is 1.15. The van der Waals surface area contributed by atoms with Gasteiger partial charge >= 0.3 is 0 Å². The van der Waals surface area contributed by atoms with Gasteiger partial charge in [-0.15, -0.1) is 0 Å². The lowest BCUT2D eigenvalue weighted by Crippen LogP contribution is -2.47. The molecule has 4 heteroatoms. The molecule has 3 heterocycles. The lowest BCUT2D eigenvalue weighted by Gasteiger charge is -2.38. The number of halogens is 1. The van der Waals surface area contributed by atoms with Gasteiger partial charge in [-0.05, 0) is 73.5 Å². The third-order valence-electron chi connectivity index (χ3n) is 4.09. The standard InChI is InChI=1S/C14H20IN3/c15-12-5-6-14(16-10-12)18-9-3-4-13(11-18)17-7-1-2-8-17/h5-6,10,13H,1-4,7-9,11H2. The number of rotatable bonds is 2. The minimum Gasteiger partial charge on any atom is -0.355 e. The molecule has 3 nitrogen and oxygen atoms in total. The van der Waals surface area contributed by atoms with E-state index in [-0.39, 0.29) is 0 Å². The van der Waals surface area contributed by atoms with Crippen molar-refractivity contribution in [3.63, 3.8) is 0 Å². The molecular formula is C14H20IN3. The Hall–Kier alpha value is -0.360. The van der Waals surface area contributed by atoms with Crippen LogP contribution in [0.3, 0.4) is 0 Å². The Morgan fingerprint density at radius 1 is 1.11 bits per heavy atom. The Labute approximate surface area is 123 Å². The zero-order chi connectivity index (χ0) is 12.4. The van der Waals surface area contributed by atoms with Crippen LogP contribution in [0.1, 0.15) is 25.7 Å². The summed E-state index contributed by atoms with van der Waals surface area (Å²) in [6.07, 6.45) is 7.40. The van der Waals surface area contributed by atoms with E-state index in [4.69, 9.17) is 0 Å². The van der Waals surface area contributed by atoms with E-state index in [1.54, 1.807) is 0 Å². The molecule has 18 heavy (non-hydrogen) atoms. The summed E-state index contributed by atoms with van der Waals surface area (Å²) in [5.41, 5.74) is 0. The van der Waals surface area contributed by atoms with Crippen LogP contribution in [-0.4, -0.2) is 42.1 Å². The maximum atomic E-state index is 4.56. The predicted octanol–water partition coefficient (Wildman–Crippen LogP) is 2.75. The number of anilines is 1. The van der Waals surface area contributed by atoms with Gasteiger partial charge in [0.25, 0.3) is 0 Å². The number of nitrogens with zero attached hydrogens (tertiary/aromatic N) is 3. The van der Waals surface area contributed by atoms with E-state index in [0.717, 1.165) is 24.9 Å². The maximum Gasteiger partial charge on any atom is 0.128 e. The number of aromatic nitrogens is 1. The first kappa shape index (κ1) is 12.7. The lowest BCUT2D eigenvalue weighted by atomic mass is 10.0. The van der Waals surface area contributed by atoms with Crippen molar-refractivity contribution in [1.82, 2.24) is 9.88 Å². The molecule has 1 aromatic heterocycles. The average Bonchev–Trinajstić information content (AvgIpc) is 2.94. The molecule has 1 atom stereocenters. The first-order valence-corrected chi connectivity index (χ1v) is 8.01. The van der Waals surface area contributed by atoms with E-state index >= 15 is 0 Å². The molecule has 0 amide bonds. The SMILES string of the molecule is Ic1ccc(N2CCCC(N3CCCC3)C2)nc1. The third kappa shape index (κ3) is 2.79. The van der Waals surface area contributed by atoms with Crippen molar-refractivity contribution < 1.29 is 0 Å². The van der Waals surface area contributed by atoms with Gasteiger partial charge in [-0.2, -0.15) is 0 Å². The second-order valence-corrected chi connectivity index (χ2v) is 6.57. The Bertz CT molecular complexity index is 387. The van der Waals surface area contributed by atoms with E-state index in [2.05, 4.69) is 49.5 Å². The van der Waals surface area contributed by atoms with Crippen molar-refractivity contribution in [3.05, 3.63) is 21.9 Å². The predicted molar refractivity (Wildman–Crippen MR) is 83.0 cm³/mol. The molecule has 0 spiro atoms. The molecule has 0 saturated carbocycles. The summed E-state index contributed by atoms with van der Waals surface area (Å²) in [4.78, 5) is 9.70. The Morgan fingerprint density at radius 3 is 2.67 bits per heavy atom. The molecule has 0 aromatic carbocycles. The third-order valence-corrected chi connectivity index (χ3v) is 4.73. The molecule has 3 rings (SSSR count). The van der Waals surface area contributed by atoms with Crippen molar-refractivity contribution >= 4 is 28.4 Å². The molecule has 2 fully saturated rings. The van der Waals surface area contributed by atoms with Crippen LogP contribution in [0, 0.1) is 3.57 Å². The fourth-order valence-electron chi connectivity index (χ4n) is 3.12. The Morgan fingerprint density at radius 2 is 1.94 bits per heavy atom. The second kappa shape index (κ2) is 5.74. The molecule has 2 saturated heterocycles. The normalized spacial score (nSPS) is 25.6. The zero-order valence-electron chi connectivity index (χ0n) is 10.7. The van der Waals surface area contributed by atoms with Crippen molar-refractivity contribution in [3.8, 4) is 0 Å². The van der Waals surface area contributed by atoms with Crippen molar-refractivity contribution in [2.24, 2.45) is 0 Å². The van der Waals surface area contributed by atoms with Gasteiger partial charge in [-0.3, -0.25) is 4.90 Å². The number of hydrogen-bond acceptors (Lipinski definition) is 3. The fourth-order valence-corrected chi connectivity index (χ4v) is 3.44. The van der Waals surface area contributed by atoms with E-state index in [0.29, 0.717) is 0 Å². The summed E-state index contributed by atoms with van der Waals surface area (Å²) in [5, 5.41) is 0. The highest BCUT2D eigenvalue weighted by atomic mass is 127. The van der Waals surface area contributed by atoms with Gasteiger partial charge in [0.15, 0.2) is 0 Å². The molecule has 0 radical (unpaired) electrons. The molecule has 1 unspecified atom stereocenters. The van der Waals surface area contributed by atoms with Crippen molar-refractivity contribution in [2.45, 2.75) is 31.7 Å². The molecule has 2 aliphatic rings. The summed E-state index contributed by atoms with van der Waals surface area (Å²) < 4.78 is 1.21. The van der Waals surface area contributed by atoms with Gasteiger partial charge < -0.3 is 4.90 Å². The van der Waals surface area contributed by atoms with Crippen LogP contribution in [0.15, 0.2) is 18.3 Å². The van der Waals surface area contributed by atoms with Gasteiger partial charge in [-0.25, -0.2) is 4.98 Å². The Kier molecular flexibility index (Phi) is 4.03. The highest BCUT2D eigenvalue weighted by Gasteiger charge is 2.27. The van der Waals surface area contributed by atoms with Crippen LogP contribution in [-0.2, 0) is 0 Å². The molecule has 98 valence electrons. The number of pyridine rings is 1. The number of likely N-dealkylation sites (tertiary alicyclic amines) is 1. The fraction of sp³-hybridized carbons (Fsp3) is 0.643.